The van der Waals surface area contributed by atoms with Gasteiger partial charge in [-0.2, -0.15) is 0 Å². The van der Waals surface area contributed by atoms with Gasteiger partial charge in [0.2, 0.25) is 0 Å². The lowest BCUT2D eigenvalue weighted by molar-refractivity contribution is 0.726. The van der Waals surface area contributed by atoms with E-state index >= 15 is 0 Å². The predicted molar refractivity (Wildman–Crippen MR) is 87.2 cm³/mol. The lowest BCUT2D eigenvalue weighted by Gasteiger charge is -2.29. The number of aromatic amines is 1. The van der Waals surface area contributed by atoms with Gasteiger partial charge in [0.05, 0.1) is 5.52 Å². The van der Waals surface area contributed by atoms with E-state index in [9.17, 15) is 0 Å². The van der Waals surface area contributed by atoms with E-state index in [1.807, 2.05) is 0 Å². The number of nitrogens with one attached hydrogen (secondary N) is 1. The summed E-state index contributed by atoms with van der Waals surface area (Å²) < 4.78 is 1.15. The Morgan fingerprint density at radius 2 is 1.85 bits per heavy atom. The van der Waals surface area contributed by atoms with Gasteiger partial charge in [-0.1, -0.05) is 30.3 Å². The van der Waals surface area contributed by atoms with Gasteiger partial charge in [0.15, 0.2) is 0 Å². The molecule has 2 heterocycles. The van der Waals surface area contributed by atoms with Crippen molar-refractivity contribution in [2.75, 3.05) is 11.4 Å². The van der Waals surface area contributed by atoms with Gasteiger partial charge in [0, 0.05) is 46.3 Å². The van der Waals surface area contributed by atoms with Gasteiger partial charge in [0.25, 0.3) is 0 Å². The molecule has 3 heteroatoms. The maximum Gasteiger partial charge on any atom is 0.0604 e. The molecule has 1 aromatic heterocycles. The number of fused-ring (bicyclic) bond motifs is 3. The van der Waals surface area contributed by atoms with Crippen LogP contribution in [0.3, 0.4) is 0 Å². The van der Waals surface area contributed by atoms with Crippen molar-refractivity contribution < 1.29 is 0 Å². The third kappa shape index (κ3) is 1.85. The first-order valence-corrected chi connectivity index (χ1v) is 7.70. The molecular formula is C17H15BrN2. The molecular weight excluding hydrogens is 312 g/mol. The van der Waals surface area contributed by atoms with Crippen LogP contribution < -0.4 is 4.90 Å². The predicted octanol–water partition coefficient (Wildman–Crippen LogP) is 4.49. The van der Waals surface area contributed by atoms with Crippen LogP contribution in [0, 0.1) is 0 Å². The summed E-state index contributed by atoms with van der Waals surface area (Å²) in [5, 5.41) is 1.34. The van der Waals surface area contributed by atoms with Crippen molar-refractivity contribution in [1.29, 1.82) is 0 Å². The Kier molecular flexibility index (Phi) is 2.81. The summed E-state index contributed by atoms with van der Waals surface area (Å²) in [5.74, 6) is 0. The van der Waals surface area contributed by atoms with E-state index in [1.165, 1.54) is 27.8 Å². The molecule has 3 aromatic rings. The van der Waals surface area contributed by atoms with Crippen LogP contribution >= 0.6 is 15.9 Å². The van der Waals surface area contributed by atoms with Gasteiger partial charge in [0.1, 0.15) is 0 Å². The molecule has 4 rings (SSSR count). The number of hydrogen-bond donors (Lipinski definition) is 1. The summed E-state index contributed by atoms with van der Waals surface area (Å²) in [6.07, 6.45) is 1.07. The second-order valence-electron chi connectivity index (χ2n) is 5.25. The third-order valence-corrected chi connectivity index (χ3v) is 4.74. The van der Waals surface area contributed by atoms with Crippen LogP contribution in [-0.2, 0) is 13.0 Å². The normalized spacial score (nSPS) is 14.6. The fourth-order valence-corrected chi connectivity index (χ4v) is 3.53. The van der Waals surface area contributed by atoms with Crippen molar-refractivity contribution in [3.63, 3.8) is 0 Å². The average molecular weight is 327 g/mol. The lowest BCUT2D eigenvalue weighted by Crippen LogP contribution is -2.29. The molecule has 20 heavy (non-hydrogen) atoms. The number of halogens is 1. The summed E-state index contributed by atoms with van der Waals surface area (Å²) >= 11 is 3.64. The van der Waals surface area contributed by atoms with E-state index in [1.54, 1.807) is 0 Å². The van der Waals surface area contributed by atoms with Crippen LogP contribution in [0.25, 0.3) is 10.9 Å². The van der Waals surface area contributed by atoms with E-state index in [2.05, 4.69) is 74.3 Å². The summed E-state index contributed by atoms with van der Waals surface area (Å²) in [5.41, 5.74) is 5.37. The Hall–Kier alpha value is -1.74. The minimum absolute atomic E-state index is 0.982. The van der Waals surface area contributed by atoms with Gasteiger partial charge in [-0.25, -0.2) is 0 Å². The van der Waals surface area contributed by atoms with Crippen LogP contribution in [0.1, 0.15) is 11.3 Å². The molecule has 0 atom stereocenters. The van der Waals surface area contributed by atoms with Gasteiger partial charge in [-0.05, 0) is 34.1 Å². The zero-order valence-electron chi connectivity index (χ0n) is 11.1. The SMILES string of the molecule is Brc1cccc2c3c([nH]c12)CCN(c1ccccc1)C3. The fourth-order valence-electron chi connectivity index (χ4n) is 3.06. The topological polar surface area (TPSA) is 19.0 Å². The molecule has 1 N–H and O–H groups in total. The van der Waals surface area contributed by atoms with Crippen molar-refractivity contribution in [2.24, 2.45) is 0 Å². The van der Waals surface area contributed by atoms with E-state index in [-0.39, 0.29) is 0 Å². The highest BCUT2D eigenvalue weighted by molar-refractivity contribution is 9.10. The zero-order chi connectivity index (χ0) is 13.5. The molecule has 1 aliphatic rings. The molecule has 2 nitrogen and oxygen atoms in total. The second kappa shape index (κ2) is 4.67. The van der Waals surface area contributed by atoms with E-state index < -0.39 is 0 Å². The number of anilines is 1. The maximum absolute atomic E-state index is 3.64. The number of benzene rings is 2. The molecule has 2 aromatic carbocycles. The second-order valence-corrected chi connectivity index (χ2v) is 6.11. The van der Waals surface area contributed by atoms with Crippen molar-refractivity contribution in [2.45, 2.75) is 13.0 Å². The first-order valence-electron chi connectivity index (χ1n) is 6.91. The van der Waals surface area contributed by atoms with Gasteiger partial charge in [-0.15, -0.1) is 0 Å². The van der Waals surface area contributed by atoms with Gasteiger partial charge < -0.3 is 9.88 Å². The minimum atomic E-state index is 0.982. The molecule has 0 saturated heterocycles. The lowest BCUT2D eigenvalue weighted by atomic mass is 10.0. The monoisotopic (exact) mass is 326 g/mol. The molecule has 0 unspecified atom stereocenters. The Morgan fingerprint density at radius 3 is 2.70 bits per heavy atom. The number of H-pyrrole nitrogens is 1. The van der Waals surface area contributed by atoms with Crippen molar-refractivity contribution >= 4 is 32.5 Å². The Morgan fingerprint density at radius 1 is 1.00 bits per heavy atom. The van der Waals surface area contributed by atoms with Crippen molar-refractivity contribution in [1.82, 2.24) is 4.98 Å². The van der Waals surface area contributed by atoms with Crippen molar-refractivity contribution in [3.8, 4) is 0 Å². The maximum atomic E-state index is 3.64. The Labute approximate surface area is 126 Å². The van der Waals surface area contributed by atoms with Gasteiger partial charge in [-0.3, -0.25) is 0 Å². The van der Waals surface area contributed by atoms with Crippen LogP contribution in [-0.4, -0.2) is 11.5 Å². The summed E-state index contributed by atoms with van der Waals surface area (Å²) in [6, 6.07) is 17.1. The molecule has 0 bridgehead atoms. The largest absolute Gasteiger partial charge is 0.367 e. The molecule has 0 fully saturated rings. The fraction of sp³-hybridized carbons (Fsp3) is 0.176. The molecule has 1 aliphatic heterocycles. The van der Waals surface area contributed by atoms with Crippen LogP contribution in [0.2, 0.25) is 0 Å². The smallest absolute Gasteiger partial charge is 0.0604 e. The first kappa shape index (κ1) is 12.0. The average Bonchev–Trinajstić information content (AvgIpc) is 2.88. The number of nitrogens with zero attached hydrogens (tertiary/aromatic N) is 1. The highest BCUT2D eigenvalue weighted by atomic mass is 79.9. The molecule has 0 radical (unpaired) electrons. The van der Waals surface area contributed by atoms with Crippen LogP contribution in [0.5, 0.6) is 0 Å². The molecule has 0 spiro atoms. The van der Waals surface area contributed by atoms with E-state index in [0.29, 0.717) is 0 Å². The Balaban J connectivity index is 1.79. The first-order chi connectivity index (χ1) is 9.83. The van der Waals surface area contributed by atoms with Crippen LogP contribution in [0.15, 0.2) is 53.0 Å². The van der Waals surface area contributed by atoms with E-state index in [0.717, 1.165) is 24.0 Å². The molecule has 0 saturated carbocycles. The number of para-hydroxylation sites is 2. The summed E-state index contributed by atoms with van der Waals surface area (Å²) in [7, 11) is 0. The quantitative estimate of drug-likeness (QED) is 0.697. The highest BCUT2D eigenvalue weighted by Crippen LogP contribution is 2.33. The summed E-state index contributed by atoms with van der Waals surface area (Å²) in [6.45, 7) is 2.05. The van der Waals surface area contributed by atoms with Crippen molar-refractivity contribution in [3.05, 3.63) is 64.3 Å². The summed E-state index contributed by atoms with van der Waals surface area (Å²) in [4.78, 5) is 6.04. The molecule has 0 aliphatic carbocycles. The molecule has 0 amide bonds. The van der Waals surface area contributed by atoms with Gasteiger partial charge >= 0.3 is 0 Å². The number of rotatable bonds is 1. The third-order valence-electron chi connectivity index (χ3n) is 4.08. The number of hydrogen-bond acceptors (Lipinski definition) is 1. The van der Waals surface area contributed by atoms with E-state index in [4.69, 9.17) is 0 Å². The zero-order valence-corrected chi connectivity index (χ0v) is 12.7. The highest BCUT2D eigenvalue weighted by Gasteiger charge is 2.21. The van der Waals surface area contributed by atoms with Crippen LogP contribution in [0.4, 0.5) is 5.69 Å². The molecule has 100 valence electrons. The number of aromatic nitrogens is 1. The Bertz CT molecular complexity index is 761. The minimum Gasteiger partial charge on any atom is -0.367 e. The standard InChI is InChI=1S/C17H15BrN2/c18-15-8-4-7-13-14-11-20(12-5-2-1-3-6-12)10-9-16(14)19-17(13)15/h1-8,19H,9-11H2.